The summed E-state index contributed by atoms with van der Waals surface area (Å²) in [7, 11) is 0. The Morgan fingerprint density at radius 3 is 2.08 bits per heavy atom. The van der Waals surface area contributed by atoms with Crippen LogP contribution in [0.1, 0.15) is 44.5 Å². The maximum absolute atomic E-state index is 12.0. The maximum atomic E-state index is 12.0. The number of carbonyl (C=O) groups is 2. The standard InChI is InChI=1S/C20H24O5/c1-19(2,23)17(21)13-5-9-15(10-6-13)25-16-11-7-14(8-12-16)18(22)20(3,4)24/h5-7,9-12,14,23-24H,8H2,1-4H3. The van der Waals surface area contributed by atoms with E-state index in [1.54, 1.807) is 42.5 Å². The van der Waals surface area contributed by atoms with Crippen LogP contribution in [0, 0.1) is 5.92 Å². The van der Waals surface area contributed by atoms with Crippen molar-refractivity contribution in [1.29, 1.82) is 0 Å². The van der Waals surface area contributed by atoms with Crippen LogP contribution < -0.4 is 4.74 Å². The van der Waals surface area contributed by atoms with Crippen LogP contribution in [0.15, 0.2) is 48.3 Å². The topological polar surface area (TPSA) is 83.8 Å². The van der Waals surface area contributed by atoms with Crippen LogP contribution in [0.5, 0.6) is 5.75 Å². The summed E-state index contributed by atoms with van der Waals surface area (Å²) in [5.41, 5.74) is -2.37. The molecule has 1 aromatic rings. The van der Waals surface area contributed by atoms with Gasteiger partial charge in [0.2, 0.25) is 0 Å². The number of benzene rings is 1. The fraction of sp³-hybridized carbons (Fsp3) is 0.400. The van der Waals surface area contributed by atoms with Gasteiger partial charge in [0.15, 0.2) is 11.6 Å². The molecule has 0 fully saturated rings. The highest BCUT2D eigenvalue weighted by atomic mass is 16.5. The van der Waals surface area contributed by atoms with E-state index in [1.807, 2.05) is 0 Å². The van der Waals surface area contributed by atoms with Gasteiger partial charge in [0.1, 0.15) is 22.7 Å². The number of allylic oxidation sites excluding steroid dienone is 3. The zero-order chi connectivity index (χ0) is 18.8. The normalized spacial score (nSPS) is 17.8. The minimum atomic E-state index is -1.42. The summed E-state index contributed by atoms with van der Waals surface area (Å²) in [6.45, 7) is 5.86. The Kier molecular flexibility index (Phi) is 5.30. The Hall–Kier alpha value is -2.24. The van der Waals surface area contributed by atoms with Crippen molar-refractivity contribution in [3.8, 4) is 5.75 Å². The van der Waals surface area contributed by atoms with Gasteiger partial charge < -0.3 is 14.9 Å². The van der Waals surface area contributed by atoms with E-state index in [1.165, 1.54) is 27.7 Å². The molecule has 1 atom stereocenters. The third-order valence-electron chi connectivity index (χ3n) is 3.91. The van der Waals surface area contributed by atoms with Crippen molar-refractivity contribution in [2.45, 2.75) is 45.3 Å². The van der Waals surface area contributed by atoms with Gasteiger partial charge >= 0.3 is 0 Å². The van der Waals surface area contributed by atoms with Gasteiger partial charge in [0, 0.05) is 11.5 Å². The van der Waals surface area contributed by atoms with Crippen molar-refractivity contribution in [3.05, 3.63) is 53.8 Å². The molecule has 2 rings (SSSR count). The SMILES string of the molecule is CC(C)(O)C(=O)c1ccc(OC2=CCC(C(=O)C(C)(C)O)C=C2)cc1. The molecule has 1 aliphatic carbocycles. The molecule has 0 heterocycles. The second-order valence-electron chi connectivity index (χ2n) is 7.25. The number of ketones is 2. The van der Waals surface area contributed by atoms with Crippen molar-refractivity contribution in [1.82, 2.24) is 0 Å². The highest BCUT2D eigenvalue weighted by Gasteiger charge is 2.30. The Morgan fingerprint density at radius 2 is 1.64 bits per heavy atom. The Bertz CT molecular complexity index is 712. The summed E-state index contributed by atoms with van der Waals surface area (Å²) < 4.78 is 5.72. The number of hydrogen-bond acceptors (Lipinski definition) is 5. The first kappa shape index (κ1) is 19.1. The molecule has 0 saturated heterocycles. The lowest BCUT2D eigenvalue weighted by Crippen LogP contribution is -2.36. The van der Waals surface area contributed by atoms with E-state index in [0.717, 1.165) is 0 Å². The van der Waals surface area contributed by atoms with Crippen LogP contribution in [0.4, 0.5) is 0 Å². The first-order chi connectivity index (χ1) is 11.5. The molecule has 5 heteroatoms. The number of rotatable bonds is 6. The van der Waals surface area contributed by atoms with Gasteiger partial charge in [-0.3, -0.25) is 9.59 Å². The first-order valence-corrected chi connectivity index (χ1v) is 8.18. The summed E-state index contributed by atoms with van der Waals surface area (Å²) in [4.78, 5) is 24.0. The molecule has 0 radical (unpaired) electrons. The lowest BCUT2D eigenvalue weighted by atomic mass is 9.87. The second kappa shape index (κ2) is 6.94. The van der Waals surface area contributed by atoms with Crippen molar-refractivity contribution in [2.24, 2.45) is 5.92 Å². The Labute approximate surface area is 147 Å². The van der Waals surface area contributed by atoms with Crippen molar-refractivity contribution in [2.75, 3.05) is 0 Å². The minimum absolute atomic E-state index is 0.228. The molecule has 5 nitrogen and oxygen atoms in total. The molecule has 1 unspecified atom stereocenters. The quantitative estimate of drug-likeness (QED) is 0.775. The largest absolute Gasteiger partial charge is 0.458 e. The molecule has 0 aliphatic heterocycles. The smallest absolute Gasteiger partial charge is 0.193 e. The van der Waals surface area contributed by atoms with Gasteiger partial charge in [-0.1, -0.05) is 6.08 Å². The second-order valence-corrected chi connectivity index (χ2v) is 7.25. The summed E-state index contributed by atoms with van der Waals surface area (Å²) in [6, 6.07) is 6.51. The minimum Gasteiger partial charge on any atom is -0.458 e. The molecular weight excluding hydrogens is 320 g/mol. The van der Waals surface area contributed by atoms with E-state index in [4.69, 9.17) is 4.74 Å². The maximum Gasteiger partial charge on any atom is 0.193 e. The number of carbonyl (C=O) groups excluding carboxylic acids is 2. The molecule has 0 spiro atoms. The molecule has 2 N–H and O–H groups in total. The van der Waals surface area contributed by atoms with Crippen LogP contribution in [-0.2, 0) is 4.79 Å². The molecule has 0 amide bonds. The summed E-state index contributed by atoms with van der Waals surface area (Å²) >= 11 is 0. The van der Waals surface area contributed by atoms with Crippen LogP contribution in [0.3, 0.4) is 0 Å². The molecular formula is C20H24O5. The van der Waals surface area contributed by atoms with Crippen LogP contribution in [-0.4, -0.2) is 33.0 Å². The average Bonchev–Trinajstić information content (AvgIpc) is 2.53. The average molecular weight is 344 g/mol. The zero-order valence-corrected chi connectivity index (χ0v) is 14.9. The van der Waals surface area contributed by atoms with Gasteiger partial charge in [0.05, 0.1) is 0 Å². The molecule has 0 saturated carbocycles. The van der Waals surface area contributed by atoms with E-state index in [-0.39, 0.29) is 17.5 Å². The number of Topliss-reactive ketones (excluding diaryl/α,β-unsaturated/α-hetero) is 2. The molecule has 134 valence electrons. The van der Waals surface area contributed by atoms with E-state index >= 15 is 0 Å². The first-order valence-electron chi connectivity index (χ1n) is 8.18. The predicted octanol–water partition coefficient (Wildman–Crippen LogP) is 2.82. The molecule has 25 heavy (non-hydrogen) atoms. The fourth-order valence-corrected chi connectivity index (χ4v) is 2.49. The fourth-order valence-electron chi connectivity index (χ4n) is 2.49. The van der Waals surface area contributed by atoms with Crippen LogP contribution >= 0.6 is 0 Å². The zero-order valence-electron chi connectivity index (χ0n) is 14.9. The molecule has 1 aliphatic rings. The van der Waals surface area contributed by atoms with Crippen molar-refractivity contribution >= 4 is 11.6 Å². The van der Waals surface area contributed by atoms with Crippen molar-refractivity contribution in [3.63, 3.8) is 0 Å². The summed E-state index contributed by atoms with van der Waals surface area (Å²) in [6.07, 6.45) is 5.68. The highest BCUT2D eigenvalue weighted by molar-refractivity contribution is 6.01. The lowest BCUT2D eigenvalue weighted by molar-refractivity contribution is -0.136. The van der Waals surface area contributed by atoms with Crippen LogP contribution in [0.25, 0.3) is 0 Å². The summed E-state index contributed by atoms with van der Waals surface area (Å²) in [5.74, 6) is 0.202. The van der Waals surface area contributed by atoms with Gasteiger partial charge in [-0.15, -0.1) is 0 Å². The van der Waals surface area contributed by atoms with Gasteiger partial charge in [-0.05, 0) is 70.5 Å². The van der Waals surface area contributed by atoms with E-state index in [9.17, 15) is 19.8 Å². The molecule has 1 aromatic carbocycles. The van der Waals surface area contributed by atoms with Crippen molar-refractivity contribution < 1.29 is 24.5 Å². The number of ether oxygens (including phenoxy) is 1. The van der Waals surface area contributed by atoms with Gasteiger partial charge in [-0.2, -0.15) is 0 Å². The monoisotopic (exact) mass is 344 g/mol. The Balaban J connectivity index is 2.00. The predicted molar refractivity (Wildman–Crippen MR) is 94.3 cm³/mol. The molecule has 0 aromatic heterocycles. The van der Waals surface area contributed by atoms with E-state index in [2.05, 4.69) is 0 Å². The third-order valence-corrected chi connectivity index (χ3v) is 3.91. The van der Waals surface area contributed by atoms with Gasteiger partial charge in [-0.25, -0.2) is 0 Å². The van der Waals surface area contributed by atoms with Gasteiger partial charge in [0.25, 0.3) is 0 Å². The highest BCUT2D eigenvalue weighted by Crippen LogP contribution is 2.25. The lowest BCUT2D eigenvalue weighted by Gasteiger charge is -2.22. The van der Waals surface area contributed by atoms with E-state index in [0.29, 0.717) is 23.5 Å². The summed E-state index contributed by atoms with van der Waals surface area (Å²) in [5, 5.41) is 19.5. The number of hydrogen-bond donors (Lipinski definition) is 2. The van der Waals surface area contributed by atoms with Crippen LogP contribution in [0.2, 0.25) is 0 Å². The third kappa shape index (κ3) is 4.87. The molecule has 0 bridgehead atoms. The van der Waals surface area contributed by atoms with E-state index < -0.39 is 11.2 Å². The number of aliphatic hydroxyl groups is 2. The Morgan fingerprint density at radius 1 is 1.04 bits per heavy atom.